The average molecular weight is 280 g/mol. The lowest BCUT2D eigenvalue weighted by molar-refractivity contribution is -0.384. The Balaban J connectivity index is 2.81. The maximum Gasteiger partial charge on any atom is 0.428 e. The first-order chi connectivity index (χ1) is 9.34. The van der Waals surface area contributed by atoms with E-state index in [0.717, 1.165) is 9.80 Å². The molecule has 0 unspecified atom stereocenters. The number of fused-ring (bicyclic) bond motifs is 1. The highest BCUT2D eigenvalue weighted by molar-refractivity contribution is 5.92. The van der Waals surface area contributed by atoms with Gasteiger partial charge in [0.05, 0.1) is 17.2 Å². The van der Waals surface area contributed by atoms with Crippen molar-refractivity contribution in [2.75, 3.05) is 5.01 Å². The van der Waals surface area contributed by atoms with E-state index in [9.17, 15) is 25.1 Å². The first-order valence-corrected chi connectivity index (χ1v) is 5.71. The molecule has 2 rings (SSSR count). The smallest absolute Gasteiger partial charge is 0.428 e. The molecule has 0 saturated carbocycles. The molecule has 1 aromatic carbocycles. The van der Waals surface area contributed by atoms with Gasteiger partial charge in [0.1, 0.15) is 0 Å². The molecule has 0 saturated heterocycles. The highest BCUT2D eigenvalue weighted by atomic mass is 16.6. The number of amides is 1. The Kier molecular flexibility index (Phi) is 3.18. The zero-order chi connectivity index (χ0) is 15.0. The molecule has 2 N–H and O–H groups in total. The second-order valence-electron chi connectivity index (χ2n) is 4.38. The molecule has 1 aromatic heterocycles. The van der Waals surface area contributed by atoms with Crippen LogP contribution in [-0.2, 0) is 0 Å². The van der Waals surface area contributed by atoms with Crippen molar-refractivity contribution in [2.45, 2.75) is 19.9 Å². The molecule has 0 fully saturated rings. The normalized spacial score (nSPS) is 10.9. The largest absolute Gasteiger partial charge is 0.502 e. The Morgan fingerprint density at radius 3 is 2.65 bits per heavy atom. The molecule has 1 amide bonds. The number of carboxylic acid groups (broad SMARTS) is 1. The summed E-state index contributed by atoms with van der Waals surface area (Å²) in [6.07, 6.45) is 0.00254. The number of hydrogen-bond acceptors (Lipinski definition) is 5. The number of carbonyl (C=O) groups is 1. The van der Waals surface area contributed by atoms with Crippen molar-refractivity contribution in [1.82, 2.24) is 9.89 Å². The van der Waals surface area contributed by atoms with E-state index in [0.29, 0.717) is 5.39 Å². The zero-order valence-electron chi connectivity index (χ0n) is 10.7. The molecule has 0 bridgehead atoms. The van der Waals surface area contributed by atoms with Gasteiger partial charge in [-0.1, -0.05) is 0 Å². The predicted molar refractivity (Wildman–Crippen MR) is 69.4 cm³/mol. The fraction of sp³-hybridized carbons (Fsp3) is 0.273. The number of phenolic OH excluding ortho intramolecular Hbond substituents is 1. The first-order valence-electron chi connectivity index (χ1n) is 5.71. The highest BCUT2D eigenvalue weighted by Gasteiger charge is 2.28. The number of aromatic hydroxyl groups is 1. The Hall–Kier alpha value is -2.84. The number of rotatable bonds is 3. The second kappa shape index (κ2) is 4.68. The van der Waals surface area contributed by atoms with Gasteiger partial charge in [0, 0.05) is 5.39 Å². The van der Waals surface area contributed by atoms with Gasteiger partial charge in [-0.25, -0.2) is 4.79 Å². The van der Waals surface area contributed by atoms with E-state index in [2.05, 4.69) is 5.10 Å². The molecular weight excluding hydrogens is 268 g/mol. The van der Waals surface area contributed by atoms with Gasteiger partial charge in [0.15, 0.2) is 11.3 Å². The summed E-state index contributed by atoms with van der Waals surface area (Å²) in [5.41, 5.74) is -0.641. The summed E-state index contributed by atoms with van der Waals surface area (Å²) in [6, 6.07) is 2.12. The van der Waals surface area contributed by atoms with Gasteiger partial charge in [0.2, 0.25) is 0 Å². The Morgan fingerprint density at radius 1 is 1.50 bits per heavy atom. The minimum Gasteiger partial charge on any atom is -0.502 e. The number of phenols is 1. The topological polar surface area (TPSA) is 122 Å². The van der Waals surface area contributed by atoms with E-state index in [1.165, 1.54) is 18.3 Å². The minimum atomic E-state index is -1.30. The van der Waals surface area contributed by atoms with Crippen molar-refractivity contribution in [3.05, 3.63) is 28.4 Å². The fourth-order valence-electron chi connectivity index (χ4n) is 1.94. The van der Waals surface area contributed by atoms with Gasteiger partial charge in [-0.15, -0.1) is 0 Å². The van der Waals surface area contributed by atoms with Crippen molar-refractivity contribution >= 4 is 22.7 Å². The standard InChI is InChI=1S/C11H12N4O5/c1-6(2)13(11(17)18)14-9-7(5-12-14)3-4-8(16)10(9)15(19)20/h3-6,16H,1-2H3,(H,17,18). The summed E-state index contributed by atoms with van der Waals surface area (Å²) >= 11 is 0. The second-order valence-corrected chi connectivity index (χ2v) is 4.38. The molecule has 9 heteroatoms. The maximum atomic E-state index is 11.3. The van der Waals surface area contributed by atoms with E-state index in [4.69, 9.17) is 0 Å². The third-order valence-electron chi connectivity index (χ3n) is 2.74. The van der Waals surface area contributed by atoms with Gasteiger partial charge < -0.3 is 10.2 Å². The van der Waals surface area contributed by atoms with Crippen molar-refractivity contribution in [1.29, 1.82) is 0 Å². The highest BCUT2D eigenvalue weighted by Crippen LogP contribution is 2.34. The summed E-state index contributed by atoms with van der Waals surface area (Å²) in [5.74, 6) is -0.543. The first kappa shape index (κ1) is 13.6. The summed E-state index contributed by atoms with van der Waals surface area (Å²) in [4.78, 5) is 22.5. The van der Waals surface area contributed by atoms with E-state index in [1.54, 1.807) is 13.8 Å². The molecule has 0 atom stereocenters. The fourth-order valence-corrected chi connectivity index (χ4v) is 1.94. The minimum absolute atomic E-state index is 0.0638. The predicted octanol–water partition coefficient (Wildman–Crippen LogP) is 1.67. The van der Waals surface area contributed by atoms with Crippen molar-refractivity contribution in [3.63, 3.8) is 0 Å². The Labute approximate surface area is 112 Å². The third kappa shape index (κ3) is 1.98. The van der Waals surface area contributed by atoms with Crippen LogP contribution >= 0.6 is 0 Å². The summed E-state index contributed by atoms with van der Waals surface area (Å²) in [7, 11) is 0. The van der Waals surface area contributed by atoms with E-state index >= 15 is 0 Å². The van der Waals surface area contributed by atoms with Crippen LogP contribution < -0.4 is 5.01 Å². The summed E-state index contributed by atoms with van der Waals surface area (Å²) in [5, 5.41) is 35.0. The maximum absolute atomic E-state index is 11.3. The Bertz CT molecular complexity index is 693. The van der Waals surface area contributed by atoms with Gasteiger partial charge >= 0.3 is 11.8 Å². The van der Waals surface area contributed by atoms with Gasteiger partial charge in [-0.3, -0.25) is 10.1 Å². The van der Waals surface area contributed by atoms with E-state index in [-0.39, 0.29) is 5.52 Å². The quantitative estimate of drug-likeness (QED) is 0.651. The monoisotopic (exact) mass is 280 g/mol. The SMILES string of the molecule is CC(C)N(C(=O)O)n1ncc2ccc(O)c([N+](=O)[O-])c21. The van der Waals surface area contributed by atoms with Crippen LogP contribution in [0.25, 0.3) is 10.9 Å². The third-order valence-corrected chi connectivity index (χ3v) is 2.74. The molecule has 0 aliphatic carbocycles. The van der Waals surface area contributed by atoms with Crippen LogP contribution in [0.3, 0.4) is 0 Å². The lowest BCUT2D eigenvalue weighted by Crippen LogP contribution is -2.45. The lowest BCUT2D eigenvalue weighted by Gasteiger charge is -2.23. The lowest BCUT2D eigenvalue weighted by atomic mass is 10.2. The number of benzene rings is 1. The van der Waals surface area contributed by atoms with Crippen molar-refractivity contribution < 1.29 is 19.9 Å². The molecule has 9 nitrogen and oxygen atoms in total. The van der Waals surface area contributed by atoms with Crippen LogP contribution in [-0.4, -0.2) is 37.2 Å². The van der Waals surface area contributed by atoms with Crippen LogP contribution in [0.15, 0.2) is 18.3 Å². The van der Waals surface area contributed by atoms with Crippen molar-refractivity contribution in [2.24, 2.45) is 0 Å². The molecule has 0 aliphatic rings. The molecular formula is C11H12N4O5. The van der Waals surface area contributed by atoms with Gasteiger partial charge in [-0.05, 0) is 26.0 Å². The summed E-state index contributed by atoms with van der Waals surface area (Å²) in [6.45, 7) is 3.21. The molecule has 106 valence electrons. The van der Waals surface area contributed by atoms with Crippen molar-refractivity contribution in [3.8, 4) is 5.75 Å². The number of hydrogen-bond donors (Lipinski definition) is 2. The van der Waals surface area contributed by atoms with Crippen LogP contribution in [0.2, 0.25) is 0 Å². The molecule has 1 heterocycles. The molecule has 0 aliphatic heterocycles. The molecule has 2 aromatic rings. The van der Waals surface area contributed by atoms with Gasteiger partial charge in [0.25, 0.3) is 0 Å². The Morgan fingerprint density at radius 2 is 2.15 bits per heavy atom. The number of nitrogens with zero attached hydrogens (tertiary/aromatic N) is 4. The van der Waals surface area contributed by atoms with Crippen LogP contribution in [0.4, 0.5) is 10.5 Å². The number of nitro benzene ring substituents is 1. The van der Waals surface area contributed by atoms with Crippen LogP contribution in [0.1, 0.15) is 13.8 Å². The van der Waals surface area contributed by atoms with Gasteiger partial charge in [-0.2, -0.15) is 14.9 Å². The number of aromatic nitrogens is 2. The molecule has 0 radical (unpaired) electrons. The van der Waals surface area contributed by atoms with E-state index in [1.807, 2.05) is 0 Å². The molecule has 0 spiro atoms. The summed E-state index contributed by atoms with van der Waals surface area (Å²) < 4.78 is 0. The average Bonchev–Trinajstić information content (AvgIpc) is 2.71. The van der Waals surface area contributed by atoms with Crippen LogP contribution in [0, 0.1) is 10.1 Å². The molecule has 20 heavy (non-hydrogen) atoms. The number of nitro groups is 1. The zero-order valence-corrected chi connectivity index (χ0v) is 10.7. The van der Waals surface area contributed by atoms with Crippen LogP contribution in [0.5, 0.6) is 5.75 Å². The van der Waals surface area contributed by atoms with E-state index < -0.39 is 28.5 Å².